The number of aromatic nitrogens is 1. The second-order valence-electron chi connectivity index (χ2n) is 5.30. The fourth-order valence-electron chi connectivity index (χ4n) is 2.22. The maximum Gasteiger partial charge on any atom is 0.251 e. The van der Waals surface area contributed by atoms with E-state index in [1.807, 2.05) is 30.3 Å². The van der Waals surface area contributed by atoms with Gasteiger partial charge in [0, 0.05) is 17.7 Å². The molecule has 128 valence electrons. The molecule has 25 heavy (non-hydrogen) atoms. The van der Waals surface area contributed by atoms with E-state index in [0.717, 1.165) is 5.56 Å². The monoisotopic (exact) mass is 338 g/mol. The van der Waals surface area contributed by atoms with Gasteiger partial charge in [0.15, 0.2) is 0 Å². The summed E-state index contributed by atoms with van der Waals surface area (Å²) in [6.07, 6.45) is 1.57. The number of aliphatic hydroxyl groups is 1. The van der Waals surface area contributed by atoms with Gasteiger partial charge in [0.25, 0.3) is 5.91 Å². The first kappa shape index (κ1) is 16.7. The Morgan fingerprint density at radius 3 is 2.60 bits per heavy atom. The Morgan fingerprint density at radius 1 is 1.12 bits per heavy atom. The van der Waals surface area contributed by atoms with Crippen LogP contribution in [-0.4, -0.2) is 29.1 Å². The van der Waals surface area contributed by atoms with Crippen LogP contribution in [-0.2, 0) is 6.61 Å². The molecule has 1 aromatic heterocycles. The van der Waals surface area contributed by atoms with Gasteiger partial charge in [-0.1, -0.05) is 18.2 Å². The van der Waals surface area contributed by atoms with Crippen molar-refractivity contribution >= 4 is 5.91 Å². The van der Waals surface area contributed by atoms with Crippen molar-refractivity contribution in [3.63, 3.8) is 0 Å². The standard InChI is InChI=1S/C19H18N2O4/c22-11-10-20-18(23)14-6-8-17(9-7-14)24-12-16-13-25-19(21-16)15-4-2-1-3-5-15/h1-9,13,22H,10-12H2,(H,20,23). The molecule has 2 aromatic carbocycles. The van der Waals surface area contributed by atoms with Crippen LogP contribution in [0.4, 0.5) is 0 Å². The van der Waals surface area contributed by atoms with Crippen LogP contribution in [0.1, 0.15) is 16.1 Å². The van der Waals surface area contributed by atoms with E-state index in [1.165, 1.54) is 0 Å². The molecule has 0 aliphatic heterocycles. The van der Waals surface area contributed by atoms with E-state index >= 15 is 0 Å². The molecule has 0 saturated heterocycles. The van der Waals surface area contributed by atoms with Gasteiger partial charge < -0.3 is 19.6 Å². The Hall–Kier alpha value is -3.12. The van der Waals surface area contributed by atoms with Crippen molar-refractivity contribution in [1.29, 1.82) is 0 Å². The highest BCUT2D eigenvalue weighted by Crippen LogP contribution is 2.19. The number of nitrogens with one attached hydrogen (secondary N) is 1. The average Bonchev–Trinajstić information content (AvgIpc) is 3.14. The number of carbonyl (C=O) groups is 1. The minimum atomic E-state index is -0.232. The van der Waals surface area contributed by atoms with Gasteiger partial charge in [-0.15, -0.1) is 0 Å². The molecule has 3 rings (SSSR count). The average molecular weight is 338 g/mol. The van der Waals surface area contributed by atoms with Crippen LogP contribution in [0, 0.1) is 0 Å². The van der Waals surface area contributed by atoms with E-state index in [2.05, 4.69) is 10.3 Å². The van der Waals surface area contributed by atoms with Gasteiger partial charge in [-0.05, 0) is 36.4 Å². The summed E-state index contributed by atoms with van der Waals surface area (Å²) in [6, 6.07) is 16.4. The lowest BCUT2D eigenvalue weighted by molar-refractivity contribution is 0.0944. The van der Waals surface area contributed by atoms with Crippen LogP contribution in [0.2, 0.25) is 0 Å². The number of benzene rings is 2. The molecule has 0 aliphatic rings. The molecule has 0 unspecified atom stereocenters. The number of ether oxygens (including phenoxy) is 1. The summed E-state index contributed by atoms with van der Waals surface area (Å²) in [5, 5.41) is 11.3. The maximum atomic E-state index is 11.7. The smallest absolute Gasteiger partial charge is 0.251 e. The summed E-state index contributed by atoms with van der Waals surface area (Å²) < 4.78 is 11.1. The first-order valence-electron chi connectivity index (χ1n) is 7.88. The van der Waals surface area contributed by atoms with Crippen molar-refractivity contribution in [3.8, 4) is 17.2 Å². The van der Waals surface area contributed by atoms with E-state index in [-0.39, 0.29) is 25.7 Å². The van der Waals surface area contributed by atoms with Crippen molar-refractivity contribution in [2.75, 3.05) is 13.2 Å². The lowest BCUT2D eigenvalue weighted by Gasteiger charge is -2.06. The molecular weight excluding hydrogens is 320 g/mol. The molecule has 0 fully saturated rings. The minimum Gasteiger partial charge on any atom is -0.487 e. The van der Waals surface area contributed by atoms with Crippen LogP contribution >= 0.6 is 0 Å². The first-order valence-corrected chi connectivity index (χ1v) is 7.88. The summed E-state index contributed by atoms with van der Waals surface area (Å²) in [6.45, 7) is 0.412. The van der Waals surface area contributed by atoms with Crippen molar-refractivity contribution in [2.45, 2.75) is 6.61 Å². The van der Waals surface area contributed by atoms with Crippen molar-refractivity contribution < 1.29 is 19.1 Å². The number of hydrogen-bond donors (Lipinski definition) is 2. The second kappa shape index (κ2) is 8.12. The zero-order chi connectivity index (χ0) is 17.5. The lowest BCUT2D eigenvalue weighted by atomic mass is 10.2. The molecule has 6 nitrogen and oxygen atoms in total. The number of rotatable bonds is 7. The van der Waals surface area contributed by atoms with E-state index in [1.54, 1.807) is 30.5 Å². The molecule has 1 heterocycles. The van der Waals surface area contributed by atoms with Crippen LogP contribution in [0.25, 0.3) is 11.5 Å². The molecule has 0 spiro atoms. The lowest BCUT2D eigenvalue weighted by Crippen LogP contribution is -2.26. The fourth-order valence-corrected chi connectivity index (χ4v) is 2.22. The van der Waals surface area contributed by atoms with Gasteiger partial charge in [-0.2, -0.15) is 0 Å². The molecule has 0 aliphatic carbocycles. The third-order valence-corrected chi connectivity index (χ3v) is 3.47. The summed E-state index contributed by atoms with van der Waals surface area (Å²) in [7, 11) is 0. The van der Waals surface area contributed by atoms with Crippen LogP contribution in [0.5, 0.6) is 5.75 Å². The van der Waals surface area contributed by atoms with Gasteiger partial charge >= 0.3 is 0 Å². The molecule has 1 amide bonds. The zero-order valence-electron chi connectivity index (χ0n) is 13.5. The molecule has 0 radical (unpaired) electrons. The maximum absolute atomic E-state index is 11.7. The summed E-state index contributed by atoms with van der Waals surface area (Å²) in [5.41, 5.74) is 2.10. The van der Waals surface area contributed by atoms with E-state index in [0.29, 0.717) is 22.9 Å². The summed E-state index contributed by atoms with van der Waals surface area (Å²) in [4.78, 5) is 16.1. The quantitative estimate of drug-likeness (QED) is 0.692. The highest BCUT2D eigenvalue weighted by molar-refractivity contribution is 5.94. The zero-order valence-corrected chi connectivity index (χ0v) is 13.5. The number of nitrogens with zero attached hydrogens (tertiary/aromatic N) is 1. The Kier molecular flexibility index (Phi) is 5.43. The highest BCUT2D eigenvalue weighted by atomic mass is 16.5. The predicted molar refractivity (Wildman–Crippen MR) is 92.1 cm³/mol. The minimum absolute atomic E-state index is 0.0877. The first-order chi connectivity index (χ1) is 12.3. The number of aliphatic hydroxyl groups excluding tert-OH is 1. The van der Waals surface area contributed by atoms with E-state index in [4.69, 9.17) is 14.3 Å². The van der Waals surface area contributed by atoms with E-state index in [9.17, 15) is 4.79 Å². The molecule has 0 atom stereocenters. The number of hydrogen-bond acceptors (Lipinski definition) is 5. The second-order valence-corrected chi connectivity index (χ2v) is 5.30. The SMILES string of the molecule is O=C(NCCO)c1ccc(OCc2coc(-c3ccccc3)n2)cc1. The highest BCUT2D eigenvalue weighted by Gasteiger charge is 2.08. The number of amides is 1. The Bertz CT molecular complexity index is 813. The summed E-state index contributed by atoms with van der Waals surface area (Å²) >= 11 is 0. The number of oxazole rings is 1. The molecule has 0 bridgehead atoms. The van der Waals surface area contributed by atoms with Crippen molar-refractivity contribution in [1.82, 2.24) is 10.3 Å². The van der Waals surface area contributed by atoms with E-state index < -0.39 is 0 Å². The Labute approximate surface area is 145 Å². The predicted octanol–water partition coefficient (Wildman–Crippen LogP) is 2.64. The number of carbonyl (C=O) groups excluding carboxylic acids is 1. The third-order valence-electron chi connectivity index (χ3n) is 3.47. The molecule has 0 saturated carbocycles. The third kappa shape index (κ3) is 4.45. The van der Waals surface area contributed by atoms with Crippen LogP contribution in [0.15, 0.2) is 65.3 Å². The van der Waals surface area contributed by atoms with Gasteiger partial charge in [0.2, 0.25) is 5.89 Å². The van der Waals surface area contributed by atoms with Crippen LogP contribution in [0.3, 0.4) is 0 Å². The van der Waals surface area contributed by atoms with Gasteiger partial charge in [-0.25, -0.2) is 4.98 Å². The topological polar surface area (TPSA) is 84.6 Å². The van der Waals surface area contributed by atoms with Crippen molar-refractivity contribution in [2.24, 2.45) is 0 Å². The molecular formula is C19H18N2O4. The summed E-state index contributed by atoms with van der Waals surface area (Å²) in [5.74, 6) is 0.947. The van der Waals surface area contributed by atoms with Gasteiger partial charge in [0.05, 0.1) is 6.61 Å². The largest absolute Gasteiger partial charge is 0.487 e. The van der Waals surface area contributed by atoms with Crippen molar-refractivity contribution in [3.05, 3.63) is 72.1 Å². The Morgan fingerprint density at radius 2 is 1.88 bits per heavy atom. The molecule has 2 N–H and O–H groups in total. The normalized spacial score (nSPS) is 10.4. The van der Waals surface area contributed by atoms with Gasteiger partial charge in [0.1, 0.15) is 24.3 Å². The Balaban J connectivity index is 1.57. The molecule has 6 heteroatoms. The van der Waals surface area contributed by atoms with Gasteiger partial charge in [-0.3, -0.25) is 4.79 Å². The fraction of sp³-hybridized carbons (Fsp3) is 0.158. The molecule has 3 aromatic rings. The van der Waals surface area contributed by atoms with Crippen LogP contribution < -0.4 is 10.1 Å².